The molecule has 1 aliphatic heterocycles. The van der Waals surface area contributed by atoms with Crippen molar-refractivity contribution >= 4 is 26.8 Å². The van der Waals surface area contributed by atoms with E-state index in [0.29, 0.717) is 0 Å². The molecule has 0 aromatic carbocycles. The fourth-order valence-corrected chi connectivity index (χ4v) is 3.73. The summed E-state index contributed by atoms with van der Waals surface area (Å²) in [6.45, 7) is 2.17. The lowest BCUT2D eigenvalue weighted by molar-refractivity contribution is 0.259. The summed E-state index contributed by atoms with van der Waals surface area (Å²) in [7, 11) is -3.08. The van der Waals surface area contributed by atoms with Crippen molar-refractivity contribution in [2.75, 3.05) is 11.5 Å². The molecular weight excluding hydrogens is 270 g/mol. The number of carbonyl (C=O) groups is 1. The predicted octanol–water partition coefficient (Wildman–Crippen LogP) is 2.71. The highest BCUT2D eigenvalue weighted by molar-refractivity contribution is 8.13. The summed E-state index contributed by atoms with van der Waals surface area (Å²) in [5.74, 6) is 0.800. The second-order valence-corrected chi connectivity index (χ2v) is 7.46. The quantitative estimate of drug-likeness (QED) is 0.733. The van der Waals surface area contributed by atoms with Gasteiger partial charge in [0.25, 0.3) is 5.24 Å². The van der Waals surface area contributed by atoms with E-state index in [-0.39, 0.29) is 17.0 Å². The summed E-state index contributed by atoms with van der Waals surface area (Å²) in [5.41, 5.74) is 0. The van der Waals surface area contributed by atoms with Gasteiger partial charge in [-0.2, -0.15) is 0 Å². The minimum absolute atomic E-state index is 0.00417. The summed E-state index contributed by atoms with van der Waals surface area (Å²) >= 11 is 1.24. The van der Waals surface area contributed by atoms with Crippen LogP contribution in [-0.4, -0.2) is 31.2 Å². The Morgan fingerprint density at radius 2 is 2.06 bits per heavy atom. The van der Waals surface area contributed by atoms with Crippen LogP contribution in [-0.2, 0) is 9.84 Å². The first-order valence-electron chi connectivity index (χ1n) is 6.38. The largest absolute Gasteiger partial charge is 0.340 e. The molecular formula is C12H21NO3S2. The number of hydrogen-bond acceptors (Lipinski definition) is 4. The standard InChI is InChI=1S/C12H21NO3S2/c1-2-3-4-5-6-8-17-12(14)13-11-7-9-18(15,16)10-11/h7,9,11H,2-6,8,10H2,1H3,(H,13,14). The van der Waals surface area contributed by atoms with E-state index in [4.69, 9.17) is 0 Å². The first kappa shape index (κ1) is 15.6. The molecule has 18 heavy (non-hydrogen) atoms. The molecule has 0 spiro atoms. The first-order valence-corrected chi connectivity index (χ1v) is 9.08. The normalized spacial score (nSPS) is 21.1. The van der Waals surface area contributed by atoms with Gasteiger partial charge in [-0.15, -0.1) is 0 Å². The van der Waals surface area contributed by atoms with Gasteiger partial charge in [0.1, 0.15) is 0 Å². The second-order valence-electron chi connectivity index (χ2n) is 4.46. The maximum atomic E-state index is 11.5. The zero-order valence-electron chi connectivity index (χ0n) is 10.7. The zero-order chi connectivity index (χ0) is 13.4. The molecule has 104 valence electrons. The number of nitrogens with one attached hydrogen (secondary N) is 1. The molecule has 1 N–H and O–H groups in total. The Labute approximate surface area is 114 Å². The number of rotatable bonds is 7. The molecule has 4 nitrogen and oxygen atoms in total. The van der Waals surface area contributed by atoms with Crippen LogP contribution in [0.25, 0.3) is 0 Å². The molecule has 0 saturated heterocycles. The molecule has 0 radical (unpaired) electrons. The summed E-state index contributed by atoms with van der Waals surface area (Å²) < 4.78 is 22.3. The maximum Gasteiger partial charge on any atom is 0.279 e. The predicted molar refractivity (Wildman–Crippen MR) is 76.5 cm³/mol. The van der Waals surface area contributed by atoms with Crippen LogP contribution in [0.1, 0.15) is 39.0 Å². The van der Waals surface area contributed by atoms with Crippen molar-refractivity contribution in [1.82, 2.24) is 5.32 Å². The van der Waals surface area contributed by atoms with Crippen LogP contribution in [0.15, 0.2) is 11.5 Å². The van der Waals surface area contributed by atoms with E-state index < -0.39 is 9.84 Å². The van der Waals surface area contributed by atoms with Gasteiger partial charge in [-0.25, -0.2) is 8.42 Å². The molecule has 0 bridgehead atoms. The van der Waals surface area contributed by atoms with Gasteiger partial charge in [-0.1, -0.05) is 44.4 Å². The van der Waals surface area contributed by atoms with Gasteiger partial charge in [0, 0.05) is 11.2 Å². The third-order valence-corrected chi connectivity index (χ3v) is 4.98. The highest BCUT2D eigenvalue weighted by Gasteiger charge is 2.22. The van der Waals surface area contributed by atoms with Crippen LogP contribution in [0.5, 0.6) is 0 Å². The maximum absolute atomic E-state index is 11.5. The molecule has 0 saturated carbocycles. The fourth-order valence-electron chi connectivity index (χ4n) is 1.73. The van der Waals surface area contributed by atoms with Crippen LogP contribution in [0, 0.1) is 0 Å². The Bertz CT molecular complexity index is 390. The van der Waals surface area contributed by atoms with E-state index in [0.717, 1.165) is 18.6 Å². The van der Waals surface area contributed by atoms with Gasteiger partial charge >= 0.3 is 0 Å². The first-order chi connectivity index (χ1) is 8.53. The Morgan fingerprint density at radius 3 is 2.67 bits per heavy atom. The Kier molecular flexibility index (Phi) is 6.78. The van der Waals surface area contributed by atoms with Crippen molar-refractivity contribution in [3.63, 3.8) is 0 Å². The number of hydrogen-bond donors (Lipinski definition) is 1. The van der Waals surface area contributed by atoms with Crippen LogP contribution in [0.2, 0.25) is 0 Å². The minimum atomic E-state index is -3.08. The van der Waals surface area contributed by atoms with Gasteiger partial charge in [-0.3, -0.25) is 4.79 Å². The molecule has 0 fully saturated rings. The van der Waals surface area contributed by atoms with E-state index in [1.165, 1.54) is 42.5 Å². The van der Waals surface area contributed by atoms with Gasteiger partial charge in [0.05, 0.1) is 11.8 Å². The molecule has 1 heterocycles. The van der Waals surface area contributed by atoms with Gasteiger partial charge in [0.2, 0.25) is 0 Å². The molecule has 0 aromatic rings. The average Bonchev–Trinajstić information content (AvgIpc) is 2.63. The van der Waals surface area contributed by atoms with Gasteiger partial charge in [0.15, 0.2) is 9.84 Å². The molecule has 1 unspecified atom stereocenters. The van der Waals surface area contributed by atoms with Crippen molar-refractivity contribution in [3.05, 3.63) is 11.5 Å². The monoisotopic (exact) mass is 291 g/mol. The highest BCUT2D eigenvalue weighted by atomic mass is 32.2. The van der Waals surface area contributed by atoms with E-state index >= 15 is 0 Å². The Balaban J connectivity index is 2.06. The third-order valence-electron chi connectivity index (χ3n) is 2.71. The number of unbranched alkanes of at least 4 members (excludes halogenated alkanes) is 4. The Hall–Kier alpha value is -0.490. The van der Waals surface area contributed by atoms with E-state index in [1.54, 1.807) is 0 Å². The lowest BCUT2D eigenvalue weighted by Crippen LogP contribution is -2.33. The van der Waals surface area contributed by atoms with Crippen molar-refractivity contribution in [3.8, 4) is 0 Å². The van der Waals surface area contributed by atoms with E-state index in [9.17, 15) is 13.2 Å². The molecule has 0 aliphatic carbocycles. The van der Waals surface area contributed by atoms with Crippen LogP contribution in [0.4, 0.5) is 4.79 Å². The van der Waals surface area contributed by atoms with Crippen molar-refractivity contribution in [2.24, 2.45) is 0 Å². The lowest BCUT2D eigenvalue weighted by atomic mass is 10.2. The minimum Gasteiger partial charge on any atom is -0.340 e. The SMILES string of the molecule is CCCCCCCSC(=O)NC1C=CS(=O)(=O)C1. The summed E-state index contributed by atoms with van der Waals surface area (Å²) in [6.07, 6.45) is 7.43. The topological polar surface area (TPSA) is 63.2 Å². The molecule has 1 atom stereocenters. The number of thioether (sulfide) groups is 1. The second kappa shape index (κ2) is 7.84. The number of carbonyl (C=O) groups excluding carboxylic acids is 1. The lowest BCUT2D eigenvalue weighted by Gasteiger charge is -2.09. The zero-order valence-corrected chi connectivity index (χ0v) is 12.4. The third kappa shape index (κ3) is 6.44. The van der Waals surface area contributed by atoms with Gasteiger partial charge < -0.3 is 5.32 Å². The summed E-state index contributed by atoms with van der Waals surface area (Å²) in [5, 5.41) is 3.74. The molecule has 1 amide bonds. The summed E-state index contributed by atoms with van der Waals surface area (Å²) in [4.78, 5) is 11.5. The van der Waals surface area contributed by atoms with Crippen molar-refractivity contribution in [2.45, 2.75) is 45.1 Å². The van der Waals surface area contributed by atoms with Crippen molar-refractivity contribution < 1.29 is 13.2 Å². The van der Waals surface area contributed by atoms with E-state index in [1.807, 2.05) is 0 Å². The molecule has 1 rings (SSSR count). The average molecular weight is 291 g/mol. The Morgan fingerprint density at radius 1 is 1.33 bits per heavy atom. The van der Waals surface area contributed by atoms with E-state index in [2.05, 4.69) is 12.2 Å². The molecule has 0 aromatic heterocycles. The van der Waals surface area contributed by atoms with Gasteiger partial charge in [-0.05, 0) is 12.5 Å². The van der Waals surface area contributed by atoms with Crippen LogP contribution < -0.4 is 5.32 Å². The smallest absolute Gasteiger partial charge is 0.279 e. The highest BCUT2D eigenvalue weighted by Crippen LogP contribution is 2.12. The van der Waals surface area contributed by atoms with Crippen molar-refractivity contribution in [1.29, 1.82) is 0 Å². The number of amides is 1. The fraction of sp³-hybridized carbons (Fsp3) is 0.750. The van der Waals surface area contributed by atoms with Crippen LogP contribution >= 0.6 is 11.8 Å². The summed E-state index contributed by atoms with van der Waals surface area (Å²) in [6, 6.07) is -0.352. The molecule has 1 aliphatic rings. The molecule has 6 heteroatoms. The van der Waals surface area contributed by atoms with Crippen LogP contribution in [0.3, 0.4) is 0 Å². The number of sulfone groups is 1.